The highest BCUT2D eigenvalue weighted by molar-refractivity contribution is 7.95. The largest absolute Gasteiger partial charge is 0.466 e. The molecule has 0 aliphatic heterocycles. The summed E-state index contributed by atoms with van der Waals surface area (Å²) in [6.45, 7) is 7.44. The Balaban J connectivity index is 0.000000461. The van der Waals surface area contributed by atoms with E-state index in [1.165, 1.54) is 7.11 Å². The topological polar surface area (TPSA) is 122 Å². The molecule has 0 heterocycles. The molecule has 0 radical (unpaired) electrons. The SMILES string of the molecule is CC(C)(C)OC(=O)CC(C=O)CC(F)(F)F.COC(=O)/C=C/C(CC(=O)OC(C)(C)C)CC(F)(F)F.COC(=O)C=P(c1ccccc1)(c1ccccc1)c1ccccc1. The van der Waals surface area contributed by atoms with Crippen molar-refractivity contribution in [2.24, 2.45) is 11.8 Å². The Hall–Kier alpha value is -5.17. The minimum atomic E-state index is -4.45. The molecule has 0 fully saturated rings. The van der Waals surface area contributed by atoms with Gasteiger partial charge in [0.2, 0.25) is 0 Å². The number of benzene rings is 3. The van der Waals surface area contributed by atoms with Crippen LogP contribution in [0.2, 0.25) is 0 Å². The number of allylic oxidation sites excluding steroid dienone is 1. The predicted molar refractivity (Wildman–Crippen MR) is 220 cm³/mol. The molecule has 0 aromatic heterocycles. The van der Waals surface area contributed by atoms with E-state index in [4.69, 9.17) is 14.2 Å². The Bertz CT molecular complexity index is 1780. The fourth-order valence-electron chi connectivity index (χ4n) is 5.32. The van der Waals surface area contributed by atoms with Crippen LogP contribution in [0.4, 0.5) is 26.3 Å². The molecule has 0 saturated heterocycles. The Labute approximate surface area is 347 Å². The Morgan fingerprint density at radius 2 is 0.900 bits per heavy atom. The maximum atomic E-state index is 12.4. The summed E-state index contributed by atoms with van der Waals surface area (Å²) in [5.41, 5.74) is -1.53. The highest BCUT2D eigenvalue weighted by Gasteiger charge is 2.34. The average molecular weight is 871 g/mol. The standard InChI is InChI=1S/C21H19O2P.C13H19F3O4.C10H15F3O3/c1-23-21(22)17-24(18-11-5-2-6-12-18,19-13-7-3-8-14-19)20-15-9-4-10-16-20;1-12(2,3)20-11(18)7-9(8-13(14,15)16)5-6-10(17)19-4;1-9(2,3)16-8(15)4-7(6-14)5-10(11,12)13/h2-17H,1H3;5-6,9H,7-8H2,1-4H3;6-7H,4-5H2,1-3H3/b;6-5+;. The second kappa shape index (κ2) is 24.2. The van der Waals surface area contributed by atoms with Gasteiger partial charge in [-0.2, -0.15) is 26.3 Å². The first-order chi connectivity index (χ1) is 27.7. The van der Waals surface area contributed by atoms with Crippen LogP contribution in [0.5, 0.6) is 0 Å². The van der Waals surface area contributed by atoms with E-state index < -0.39 is 85.9 Å². The molecule has 330 valence electrons. The minimum absolute atomic E-state index is 0.136. The number of carbonyl (C=O) groups excluding carboxylic acids is 5. The Morgan fingerprint density at radius 1 is 0.567 bits per heavy atom. The summed E-state index contributed by atoms with van der Waals surface area (Å²) in [5, 5.41) is 3.40. The average Bonchev–Trinajstić information content (AvgIpc) is 3.14. The molecule has 2 unspecified atom stereocenters. The highest BCUT2D eigenvalue weighted by atomic mass is 31.2. The Kier molecular flexibility index (Phi) is 21.3. The van der Waals surface area contributed by atoms with Crippen molar-refractivity contribution >= 4 is 58.8 Å². The van der Waals surface area contributed by atoms with Gasteiger partial charge in [0.15, 0.2) is 0 Å². The van der Waals surface area contributed by atoms with Crippen LogP contribution in [0, 0.1) is 11.8 Å². The zero-order valence-electron chi connectivity index (χ0n) is 34.8. The smallest absolute Gasteiger partial charge is 0.389 e. The summed E-state index contributed by atoms with van der Waals surface area (Å²) >= 11 is 0. The van der Waals surface area contributed by atoms with Crippen molar-refractivity contribution < 1.29 is 69.3 Å². The van der Waals surface area contributed by atoms with E-state index in [2.05, 4.69) is 41.1 Å². The number of rotatable bonds is 13. The van der Waals surface area contributed by atoms with E-state index in [-0.39, 0.29) is 12.3 Å². The molecule has 0 N–H and O–H groups in total. The maximum absolute atomic E-state index is 12.4. The van der Waals surface area contributed by atoms with Crippen molar-refractivity contribution in [3.05, 3.63) is 103 Å². The van der Waals surface area contributed by atoms with Crippen LogP contribution in [0.25, 0.3) is 0 Å². The monoisotopic (exact) mass is 870 g/mol. The number of esters is 4. The predicted octanol–water partition coefficient (Wildman–Crippen LogP) is 8.46. The number of carbonyl (C=O) groups is 5. The third kappa shape index (κ3) is 21.7. The van der Waals surface area contributed by atoms with Gasteiger partial charge in [-0.1, -0.05) is 97.1 Å². The fraction of sp³-hybridized carbons (Fsp3) is 0.409. The lowest BCUT2D eigenvalue weighted by atomic mass is 10.0. The van der Waals surface area contributed by atoms with E-state index >= 15 is 0 Å². The van der Waals surface area contributed by atoms with Crippen molar-refractivity contribution in [1.29, 1.82) is 0 Å². The van der Waals surface area contributed by atoms with E-state index in [0.717, 1.165) is 35.2 Å². The van der Waals surface area contributed by atoms with E-state index in [1.807, 2.05) is 54.6 Å². The summed E-state index contributed by atoms with van der Waals surface area (Å²) in [6, 6.07) is 30.6. The van der Waals surface area contributed by atoms with Crippen LogP contribution in [-0.4, -0.2) is 73.7 Å². The van der Waals surface area contributed by atoms with Gasteiger partial charge in [-0.15, -0.1) is 0 Å². The molecular formula is C44H53F6O9P. The van der Waals surface area contributed by atoms with Crippen molar-refractivity contribution in [3.8, 4) is 0 Å². The number of halogens is 6. The van der Waals surface area contributed by atoms with Crippen molar-refractivity contribution in [2.45, 2.75) is 90.8 Å². The quantitative estimate of drug-likeness (QED) is 0.0416. The third-order valence-electron chi connectivity index (χ3n) is 7.57. The molecule has 0 spiro atoms. The van der Waals surface area contributed by atoms with Gasteiger partial charge in [0.05, 0.1) is 39.9 Å². The number of hydrogen-bond acceptors (Lipinski definition) is 9. The van der Waals surface area contributed by atoms with Crippen LogP contribution >= 0.6 is 6.89 Å². The Morgan fingerprint density at radius 3 is 1.20 bits per heavy atom. The summed E-state index contributed by atoms with van der Waals surface area (Å²) in [4.78, 5) is 56.3. The fourth-order valence-corrected chi connectivity index (χ4v) is 9.01. The molecule has 3 aromatic carbocycles. The van der Waals surface area contributed by atoms with Crippen molar-refractivity contribution in [1.82, 2.24) is 0 Å². The molecule has 0 aliphatic rings. The lowest BCUT2D eigenvalue weighted by Crippen LogP contribution is -2.28. The molecule has 0 saturated carbocycles. The van der Waals surface area contributed by atoms with Crippen molar-refractivity contribution in [2.75, 3.05) is 14.2 Å². The van der Waals surface area contributed by atoms with E-state index in [9.17, 15) is 50.3 Å². The van der Waals surface area contributed by atoms with Gasteiger partial charge in [-0.3, -0.25) is 9.59 Å². The molecule has 16 heteroatoms. The molecule has 0 aliphatic carbocycles. The first-order valence-electron chi connectivity index (χ1n) is 18.5. The highest BCUT2D eigenvalue weighted by Crippen LogP contribution is 2.43. The molecule has 3 aromatic rings. The molecule has 0 bridgehead atoms. The normalized spacial score (nSPS) is 12.9. The van der Waals surface area contributed by atoms with Crippen molar-refractivity contribution in [3.63, 3.8) is 0 Å². The van der Waals surface area contributed by atoms with E-state index in [0.29, 0.717) is 0 Å². The molecule has 9 nitrogen and oxygen atoms in total. The third-order valence-corrected chi connectivity index (χ3v) is 11.5. The van der Waals surface area contributed by atoms with Gasteiger partial charge in [-0.05, 0) is 70.3 Å². The number of alkyl halides is 6. The number of ether oxygens (including phenoxy) is 4. The molecule has 2 atom stereocenters. The lowest BCUT2D eigenvalue weighted by Gasteiger charge is -2.28. The first-order valence-corrected chi connectivity index (χ1v) is 20.4. The maximum Gasteiger partial charge on any atom is 0.389 e. The molecular weight excluding hydrogens is 817 g/mol. The van der Waals surface area contributed by atoms with Crippen LogP contribution in [0.15, 0.2) is 103 Å². The van der Waals surface area contributed by atoms with E-state index in [1.54, 1.807) is 47.3 Å². The zero-order valence-corrected chi connectivity index (χ0v) is 35.7. The zero-order chi connectivity index (χ0) is 45.8. The van der Waals surface area contributed by atoms with Crippen LogP contribution in [0.1, 0.15) is 67.2 Å². The van der Waals surface area contributed by atoms with Gasteiger partial charge in [0, 0.05) is 17.8 Å². The summed E-state index contributed by atoms with van der Waals surface area (Å²) in [7, 11) is 2.54. The first kappa shape index (κ1) is 52.8. The van der Waals surface area contributed by atoms with Gasteiger partial charge in [-0.25, -0.2) is 9.59 Å². The minimum Gasteiger partial charge on any atom is -0.466 e. The van der Waals surface area contributed by atoms with Crippen LogP contribution in [0.3, 0.4) is 0 Å². The number of aldehydes is 1. The lowest BCUT2D eigenvalue weighted by molar-refractivity contribution is -0.163. The number of methoxy groups -OCH3 is 2. The molecule has 3 rings (SSSR count). The van der Waals surface area contributed by atoms with Gasteiger partial charge < -0.3 is 23.7 Å². The van der Waals surface area contributed by atoms with Crippen LogP contribution in [-0.2, 0) is 42.9 Å². The second-order valence-corrected chi connectivity index (χ2v) is 18.4. The van der Waals surface area contributed by atoms with Gasteiger partial charge >= 0.3 is 36.2 Å². The van der Waals surface area contributed by atoms with Gasteiger partial charge in [0.25, 0.3) is 0 Å². The summed E-state index contributed by atoms with van der Waals surface area (Å²) < 4.78 is 92.2. The van der Waals surface area contributed by atoms with Crippen LogP contribution < -0.4 is 15.9 Å². The molecule has 0 amide bonds. The summed E-state index contributed by atoms with van der Waals surface area (Å²) in [6.07, 6.45) is -10.4. The number of hydrogen-bond donors (Lipinski definition) is 0. The van der Waals surface area contributed by atoms with Gasteiger partial charge in [0.1, 0.15) is 17.5 Å². The second-order valence-electron chi connectivity index (χ2n) is 15.1. The molecule has 60 heavy (non-hydrogen) atoms. The summed E-state index contributed by atoms with van der Waals surface area (Å²) in [5.74, 6) is -3.39.